The van der Waals surface area contributed by atoms with E-state index in [9.17, 15) is 4.79 Å². The normalized spacial score (nSPS) is 27.3. The van der Waals surface area contributed by atoms with Crippen molar-refractivity contribution in [3.63, 3.8) is 0 Å². The molecule has 1 amide bonds. The van der Waals surface area contributed by atoms with Gasteiger partial charge < -0.3 is 26.0 Å². The van der Waals surface area contributed by atoms with E-state index < -0.39 is 0 Å². The molecular weight excluding hydrogens is 412 g/mol. The first-order chi connectivity index (χ1) is 16.1. The zero-order valence-electron chi connectivity index (χ0n) is 19.3. The highest BCUT2D eigenvalue weighted by molar-refractivity contribution is 5.67. The van der Waals surface area contributed by atoms with Crippen LogP contribution in [0.3, 0.4) is 0 Å². The van der Waals surface area contributed by atoms with Crippen molar-refractivity contribution in [2.75, 3.05) is 30.3 Å². The summed E-state index contributed by atoms with van der Waals surface area (Å²) in [6.45, 7) is 3.64. The lowest BCUT2D eigenvalue weighted by atomic mass is 9.84. The van der Waals surface area contributed by atoms with E-state index in [0.717, 1.165) is 49.6 Å². The van der Waals surface area contributed by atoms with Gasteiger partial charge >= 0.3 is 6.09 Å². The number of hydrogen-bond donors (Lipinski definition) is 3. The Labute approximate surface area is 196 Å². The fourth-order valence-electron chi connectivity index (χ4n) is 6.12. The Bertz CT molecular complexity index is 911. The van der Waals surface area contributed by atoms with Crippen molar-refractivity contribution < 1.29 is 9.53 Å². The zero-order chi connectivity index (χ0) is 22.6. The Kier molecular flexibility index (Phi) is 6.72. The van der Waals surface area contributed by atoms with Crippen molar-refractivity contribution in [2.24, 2.45) is 17.8 Å². The van der Waals surface area contributed by atoms with Crippen molar-refractivity contribution in [2.45, 2.75) is 50.8 Å². The predicted molar refractivity (Wildman–Crippen MR) is 132 cm³/mol. The smallest absolute Gasteiger partial charge is 0.407 e. The second kappa shape index (κ2) is 10.0. The second-order valence-electron chi connectivity index (χ2n) is 10.1. The van der Waals surface area contributed by atoms with Crippen LogP contribution in [0.25, 0.3) is 0 Å². The Hall–Kier alpha value is -2.73. The van der Waals surface area contributed by atoms with Gasteiger partial charge in [-0.2, -0.15) is 0 Å². The van der Waals surface area contributed by atoms with Crippen LogP contribution in [0.15, 0.2) is 54.6 Å². The molecule has 2 heterocycles. The summed E-state index contributed by atoms with van der Waals surface area (Å²) in [6, 6.07) is 18.9. The number of piperidine rings is 1. The van der Waals surface area contributed by atoms with Crippen LogP contribution < -0.4 is 21.3 Å². The summed E-state index contributed by atoms with van der Waals surface area (Å²) < 4.78 is 5.44. The van der Waals surface area contributed by atoms with Crippen molar-refractivity contribution in [1.29, 1.82) is 0 Å². The number of carbonyl (C=O) groups is 1. The molecule has 6 heteroatoms. The third-order valence-electron chi connectivity index (χ3n) is 7.90. The average molecular weight is 449 g/mol. The number of amides is 1. The lowest BCUT2D eigenvalue weighted by molar-refractivity contribution is 0.135. The minimum absolute atomic E-state index is 0.236. The lowest BCUT2D eigenvalue weighted by Gasteiger charge is -2.35. The number of fused-ring (bicyclic) bond motifs is 1. The molecule has 5 rings (SSSR count). The van der Waals surface area contributed by atoms with Crippen LogP contribution in [-0.4, -0.2) is 37.8 Å². The van der Waals surface area contributed by atoms with Gasteiger partial charge in [-0.3, -0.25) is 0 Å². The van der Waals surface area contributed by atoms with E-state index >= 15 is 0 Å². The summed E-state index contributed by atoms with van der Waals surface area (Å²) in [5, 5.41) is 6.93. The van der Waals surface area contributed by atoms with Crippen molar-refractivity contribution in [1.82, 2.24) is 10.6 Å². The van der Waals surface area contributed by atoms with Crippen LogP contribution in [0.5, 0.6) is 0 Å². The Balaban J connectivity index is 1.06. The SMILES string of the molecule is Nc1ccc(N2CCC(C[C@@H]3NC[C@H]4C[C@H](NC(=O)OCc5ccccc5)C[C@@H]43)CC2)cc1. The van der Waals surface area contributed by atoms with E-state index in [1.165, 1.54) is 24.9 Å². The molecular formula is C27H36N4O2. The molecule has 2 aliphatic heterocycles. The first-order valence-corrected chi connectivity index (χ1v) is 12.4. The summed E-state index contributed by atoms with van der Waals surface area (Å²) >= 11 is 0. The summed E-state index contributed by atoms with van der Waals surface area (Å²) in [5.74, 6) is 2.11. The zero-order valence-corrected chi connectivity index (χ0v) is 19.3. The second-order valence-corrected chi connectivity index (χ2v) is 10.1. The first-order valence-electron chi connectivity index (χ1n) is 12.4. The molecule has 3 fully saturated rings. The molecule has 6 nitrogen and oxygen atoms in total. The standard InChI is InChI=1S/C27H36N4O2/c28-22-6-8-24(9-7-22)31-12-10-19(11-13-31)14-26-25-16-23(15-21(25)17-29-26)30-27(32)33-18-20-4-2-1-3-5-20/h1-9,19,21,23,25-26,29H,10-18,28H2,(H,30,32)/t21-,23+,25+,26+/m1/s1. The number of carbonyl (C=O) groups excluding carboxylic acids is 1. The molecule has 176 valence electrons. The Morgan fingerprint density at radius 2 is 1.82 bits per heavy atom. The van der Waals surface area contributed by atoms with Crippen molar-refractivity contribution in [3.8, 4) is 0 Å². The van der Waals surface area contributed by atoms with Gasteiger partial charge in [0.25, 0.3) is 0 Å². The monoisotopic (exact) mass is 448 g/mol. The van der Waals surface area contributed by atoms with Gasteiger partial charge in [-0.1, -0.05) is 30.3 Å². The number of ether oxygens (including phenoxy) is 1. The van der Waals surface area contributed by atoms with Gasteiger partial charge in [0.15, 0.2) is 0 Å². The summed E-state index contributed by atoms with van der Waals surface area (Å²) in [4.78, 5) is 14.8. The molecule has 3 aliphatic rings. The maximum atomic E-state index is 12.3. The number of anilines is 2. The molecule has 2 aromatic carbocycles. The van der Waals surface area contributed by atoms with Gasteiger partial charge in [0.1, 0.15) is 6.61 Å². The number of alkyl carbamates (subject to hydrolysis) is 1. The molecule has 0 aromatic heterocycles. The van der Waals surface area contributed by atoms with Crippen LogP contribution >= 0.6 is 0 Å². The lowest BCUT2D eigenvalue weighted by Crippen LogP contribution is -2.39. The predicted octanol–water partition coefficient (Wildman–Crippen LogP) is 4.17. The molecule has 0 radical (unpaired) electrons. The summed E-state index contributed by atoms with van der Waals surface area (Å²) in [5.41, 5.74) is 8.95. The molecule has 33 heavy (non-hydrogen) atoms. The maximum Gasteiger partial charge on any atom is 0.407 e. The number of nitrogens with zero attached hydrogens (tertiary/aromatic N) is 1. The number of nitrogens with one attached hydrogen (secondary N) is 2. The van der Waals surface area contributed by atoms with Crippen LogP contribution in [0, 0.1) is 17.8 Å². The minimum Gasteiger partial charge on any atom is -0.445 e. The molecule has 2 aromatic rings. The summed E-state index contributed by atoms with van der Waals surface area (Å²) in [6.07, 6.45) is 5.57. The van der Waals surface area contributed by atoms with Gasteiger partial charge in [-0.25, -0.2) is 4.79 Å². The number of hydrogen-bond acceptors (Lipinski definition) is 5. The minimum atomic E-state index is -0.289. The van der Waals surface area contributed by atoms with Gasteiger partial charge in [0.05, 0.1) is 0 Å². The third kappa shape index (κ3) is 5.44. The Morgan fingerprint density at radius 3 is 2.58 bits per heavy atom. The number of nitrogens with two attached hydrogens (primary N) is 1. The molecule has 1 aliphatic carbocycles. The largest absolute Gasteiger partial charge is 0.445 e. The molecule has 2 saturated heterocycles. The highest BCUT2D eigenvalue weighted by Gasteiger charge is 2.44. The number of benzene rings is 2. The van der Waals surface area contributed by atoms with Gasteiger partial charge in [-0.15, -0.1) is 0 Å². The first kappa shape index (κ1) is 22.1. The number of nitrogen functional groups attached to an aromatic ring is 1. The van der Waals surface area contributed by atoms with E-state index in [2.05, 4.69) is 27.7 Å². The highest BCUT2D eigenvalue weighted by Crippen LogP contribution is 2.41. The number of rotatable bonds is 6. The molecule has 4 N–H and O–H groups in total. The van der Waals surface area contributed by atoms with E-state index in [0.29, 0.717) is 24.5 Å². The van der Waals surface area contributed by atoms with E-state index in [-0.39, 0.29) is 12.1 Å². The van der Waals surface area contributed by atoms with Crippen LogP contribution in [-0.2, 0) is 11.3 Å². The molecule has 1 saturated carbocycles. The van der Waals surface area contributed by atoms with Crippen molar-refractivity contribution >= 4 is 17.5 Å². The topological polar surface area (TPSA) is 79.6 Å². The Morgan fingerprint density at radius 1 is 1.06 bits per heavy atom. The molecule has 0 unspecified atom stereocenters. The fourth-order valence-corrected chi connectivity index (χ4v) is 6.12. The maximum absolute atomic E-state index is 12.3. The summed E-state index contributed by atoms with van der Waals surface area (Å²) in [7, 11) is 0. The third-order valence-corrected chi connectivity index (χ3v) is 7.90. The van der Waals surface area contributed by atoms with E-state index in [1.807, 2.05) is 42.5 Å². The average Bonchev–Trinajstić information content (AvgIpc) is 3.40. The van der Waals surface area contributed by atoms with Crippen LogP contribution in [0.4, 0.5) is 16.2 Å². The van der Waals surface area contributed by atoms with Crippen molar-refractivity contribution in [3.05, 3.63) is 60.2 Å². The molecule has 4 atom stereocenters. The van der Waals surface area contributed by atoms with Gasteiger partial charge in [-0.05, 0) is 86.2 Å². The van der Waals surface area contributed by atoms with Crippen LogP contribution in [0.2, 0.25) is 0 Å². The van der Waals surface area contributed by atoms with E-state index in [4.69, 9.17) is 10.5 Å². The quantitative estimate of drug-likeness (QED) is 0.578. The van der Waals surface area contributed by atoms with Crippen LogP contribution in [0.1, 0.15) is 37.7 Å². The molecule has 0 spiro atoms. The fraction of sp³-hybridized carbons (Fsp3) is 0.519. The van der Waals surface area contributed by atoms with Gasteiger partial charge in [0.2, 0.25) is 0 Å². The van der Waals surface area contributed by atoms with Gasteiger partial charge in [0, 0.05) is 36.5 Å². The molecule has 0 bridgehead atoms. The highest BCUT2D eigenvalue weighted by atomic mass is 16.5. The van der Waals surface area contributed by atoms with E-state index in [1.54, 1.807) is 0 Å².